The molecule has 2 rings (SSSR count). The lowest BCUT2D eigenvalue weighted by Crippen LogP contribution is -2.52. The molecule has 3 N–H and O–H groups in total. The summed E-state index contributed by atoms with van der Waals surface area (Å²) < 4.78 is 0. The van der Waals surface area contributed by atoms with Crippen molar-refractivity contribution in [3.63, 3.8) is 0 Å². The average Bonchev–Trinajstić information content (AvgIpc) is 2.91. The van der Waals surface area contributed by atoms with Crippen LogP contribution in [-0.2, 0) is 9.59 Å². The van der Waals surface area contributed by atoms with E-state index in [1.807, 2.05) is 15.1 Å². The Morgan fingerprint density at radius 3 is 2.20 bits per heavy atom. The van der Waals surface area contributed by atoms with E-state index in [-0.39, 0.29) is 18.4 Å². The summed E-state index contributed by atoms with van der Waals surface area (Å²) in [4.78, 5) is 38.0. The van der Waals surface area contributed by atoms with E-state index in [0.29, 0.717) is 26.2 Å². The van der Waals surface area contributed by atoms with Crippen molar-refractivity contribution in [2.24, 2.45) is 11.7 Å². The first-order chi connectivity index (χ1) is 9.56. The Morgan fingerprint density at radius 1 is 1.05 bits per heavy atom. The lowest BCUT2D eigenvalue weighted by molar-refractivity contribution is -0.137. The van der Waals surface area contributed by atoms with Gasteiger partial charge in [-0.05, 0) is 12.8 Å². The monoisotopic (exact) mass is 282 g/mol. The van der Waals surface area contributed by atoms with Gasteiger partial charge in [-0.3, -0.25) is 19.8 Å². The number of nitrogens with two attached hydrogens (primary N) is 1. The smallest absolute Gasteiger partial charge is 0.318 e. The van der Waals surface area contributed by atoms with Crippen molar-refractivity contribution in [3.8, 4) is 0 Å². The molecule has 1 saturated carbocycles. The highest BCUT2D eigenvalue weighted by atomic mass is 16.2. The molecule has 1 aliphatic carbocycles. The largest absolute Gasteiger partial charge is 0.351 e. The van der Waals surface area contributed by atoms with Gasteiger partial charge in [-0.25, -0.2) is 4.79 Å². The summed E-state index contributed by atoms with van der Waals surface area (Å²) in [6, 6.07) is -0.829. The van der Waals surface area contributed by atoms with Crippen LogP contribution in [0.3, 0.4) is 0 Å². The number of carbonyl (C=O) groups excluding carboxylic acids is 3. The van der Waals surface area contributed by atoms with Gasteiger partial charge in [0.2, 0.25) is 11.8 Å². The number of hydrogen-bond acceptors (Lipinski definition) is 4. The third-order valence-electron chi connectivity index (χ3n) is 4.02. The van der Waals surface area contributed by atoms with Gasteiger partial charge in [-0.2, -0.15) is 0 Å². The number of hydrogen-bond donors (Lipinski definition) is 2. The summed E-state index contributed by atoms with van der Waals surface area (Å²) in [7, 11) is 0. The maximum atomic E-state index is 12.2. The van der Waals surface area contributed by atoms with Gasteiger partial charge in [0.05, 0.1) is 6.54 Å². The van der Waals surface area contributed by atoms with Crippen molar-refractivity contribution in [1.82, 2.24) is 15.1 Å². The van der Waals surface area contributed by atoms with Crippen LogP contribution in [0.25, 0.3) is 0 Å². The van der Waals surface area contributed by atoms with Crippen LogP contribution in [-0.4, -0.2) is 60.4 Å². The number of primary amides is 1. The van der Waals surface area contributed by atoms with Crippen LogP contribution in [0, 0.1) is 5.92 Å². The predicted octanol–water partition coefficient (Wildman–Crippen LogP) is -0.484. The second-order valence-electron chi connectivity index (χ2n) is 5.50. The topological polar surface area (TPSA) is 95.7 Å². The quantitative estimate of drug-likeness (QED) is 0.730. The van der Waals surface area contributed by atoms with Gasteiger partial charge >= 0.3 is 6.03 Å². The molecule has 4 amide bonds. The number of nitrogens with zero attached hydrogens (tertiary/aromatic N) is 2. The van der Waals surface area contributed by atoms with Gasteiger partial charge in [-0.1, -0.05) is 12.8 Å². The summed E-state index contributed by atoms with van der Waals surface area (Å²) >= 11 is 0. The molecular formula is C13H22N4O3. The van der Waals surface area contributed by atoms with Crippen molar-refractivity contribution in [2.45, 2.75) is 25.7 Å². The molecule has 2 fully saturated rings. The highest BCUT2D eigenvalue weighted by Gasteiger charge is 2.29. The molecule has 0 atom stereocenters. The second kappa shape index (κ2) is 6.69. The maximum absolute atomic E-state index is 12.2. The number of rotatable bonds is 3. The molecule has 0 spiro atoms. The molecule has 1 saturated heterocycles. The summed E-state index contributed by atoms with van der Waals surface area (Å²) in [6.07, 6.45) is 4.34. The highest BCUT2D eigenvalue weighted by molar-refractivity contribution is 5.94. The molecular weight excluding hydrogens is 260 g/mol. The number of imide groups is 1. The Hall–Kier alpha value is -1.63. The van der Waals surface area contributed by atoms with Gasteiger partial charge in [0.1, 0.15) is 0 Å². The standard InChI is InChI=1S/C13H22N4O3/c14-13(20)15-11(18)9-16-5-7-17(8-6-16)12(19)10-3-1-2-4-10/h10H,1-9H2,(H3,14,15,18,20). The Kier molecular flexibility index (Phi) is 4.94. The van der Waals surface area contributed by atoms with Crippen molar-refractivity contribution in [3.05, 3.63) is 0 Å². The lowest BCUT2D eigenvalue weighted by Gasteiger charge is -2.35. The van der Waals surface area contributed by atoms with E-state index in [4.69, 9.17) is 5.73 Å². The number of amides is 4. The van der Waals surface area contributed by atoms with E-state index in [1.54, 1.807) is 0 Å². The molecule has 1 heterocycles. The molecule has 0 aromatic heterocycles. The molecule has 0 bridgehead atoms. The van der Waals surface area contributed by atoms with Gasteiger partial charge in [0, 0.05) is 32.1 Å². The predicted molar refractivity (Wildman–Crippen MR) is 72.7 cm³/mol. The summed E-state index contributed by atoms with van der Waals surface area (Å²) in [5, 5.41) is 2.05. The molecule has 7 nitrogen and oxygen atoms in total. The van der Waals surface area contributed by atoms with Gasteiger partial charge in [0.15, 0.2) is 0 Å². The zero-order chi connectivity index (χ0) is 14.5. The van der Waals surface area contributed by atoms with Gasteiger partial charge in [-0.15, -0.1) is 0 Å². The fourth-order valence-electron chi connectivity index (χ4n) is 2.94. The molecule has 0 unspecified atom stereocenters. The van der Waals surface area contributed by atoms with Crippen LogP contribution in [0.4, 0.5) is 4.79 Å². The summed E-state index contributed by atoms with van der Waals surface area (Å²) in [5.41, 5.74) is 4.89. The SMILES string of the molecule is NC(=O)NC(=O)CN1CCN(C(=O)C2CCCC2)CC1. The fraction of sp³-hybridized carbons (Fsp3) is 0.769. The van der Waals surface area contributed by atoms with Crippen LogP contribution in [0.5, 0.6) is 0 Å². The molecule has 2 aliphatic rings. The highest BCUT2D eigenvalue weighted by Crippen LogP contribution is 2.26. The molecule has 7 heteroatoms. The minimum atomic E-state index is -0.829. The first-order valence-electron chi connectivity index (χ1n) is 7.16. The van der Waals surface area contributed by atoms with E-state index in [9.17, 15) is 14.4 Å². The molecule has 0 aromatic rings. The van der Waals surface area contributed by atoms with Crippen LogP contribution in [0.1, 0.15) is 25.7 Å². The molecule has 1 aliphatic heterocycles. The molecule has 0 aromatic carbocycles. The first kappa shape index (κ1) is 14.8. The van der Waals surface area contributed by atoms with Crippen molar-refractivity contribution < 1.29 is 14.4 Å². The first-order valence-corrected chi connectivity index (χ1v) is 7.16. The second-order valence-corrected chi connectivity index (χ2v) is 5.50. The fourth-order valence-corrected chi connectivity index (χ4v) is 2.94. The Morgan fingerprint density at radius 2 is 1.65 bits per heavy atom. The number of piperazine rings is 1. The van der Waals surface area contributed by atoms with Crippen LogP contribution in [0.15, 0.2) is 0 Å². The zero-order valence-corrected chi connectivity index (χ0v) is 11.6. The number of carbonyl (C=O) groups is 3. The van der Waals surface area contributed by atoms with E-state index >= 15 is 0 Å². The average molecular weight is 282 g/mol. The minimum Gasteiger partial charge on any atom is -0.351 e. The lowest BCUT2D eigenvalue weighted by atomic mass is 10.1. The van der Waals surface area contributed by atoms with Crippen LogP contribution >= 0.6 is 0 Å². The maximum Gasteiger partial charge on any atom is 0.318 e. The van der Waals surface area contributed by atoms with E-state index in [2.05, 4.69) is 0 Å². The van der Waals surface area contributed by atoms with E-state index in [1.165, 1.54) is 0 Å². The van der Waals surface area contributed by atoms with E-state index in [0.717, 1.165) is 25.7 Å². The number of nitrogens with one attached hydrogen (secondary N) is 1. The molecule has 112 valence electrons. The molecule has 20 heavy (non-hydrogen) atoms. The Labute approximate surface area is 118 Å². The van der Waals surface area contributed by atoms with Crippen molar-refractivity contribution in [2.75, 3.05) is 32.7 Å². The third-order valence-corrected chi connectivity index (χ3v) is 4.02. The Balaban J connectivity index is 1.73. The van der Waals surface area contributed by atoms with Crippen molar-refractivity contribution >= 4 is 17.8 Å². The summed E-state index contributed by atoms with van der Waals surface area (Å²) in [5.74, 6) is 0.0801. The zero-order valence-electron chi connectivity index (χ0n) is 11.6. The van der Waals surface area contributed by atoms with Gasteiger partial charge < -0.3 is 10.6 Å². The third kappa shape index (κ3) is 3.93. The number of urea groups is 1. The molecule has 0 radical (unpaired) electrons. The summed E-state index contributed by atoms with van der Waals surface area (Å²) in [6.45, 7) is 2.77. The van der Waals surface area contributed by atoms with Crippen molar-refractivity contribution in [1.29, 1.82) is 0 Å². The van der Waals surface area contributed by atoms with Crippen LogP contribution in [0.2, 0.25) is 0 Å². The van der Waals surface area contributed by atoms with Gasteiger partial charge in [0.25, 0.3) is 0 Å². The van der Waals surface area contributed by atoms with Crippen LogP contribution < -0.4 is 11.1 Å². The Bertz CT molecular complexity index is 385. The minimum absolute atomic E-state index is 0.147. The van der Waals surface area contributed by atoms with E-state index < -0.39 is 11.9 Å². The normalized spacial score (nSPS) is 20.9.